The van der Waals surface area contributed by atoms with Crippen molar-refractivity contribution in [3.63, 3.8) is 0 Å². The molecule has 1 atom stereocenters. The first kappa shape index (κ1) is 18.5. The zero-order valence-corrected chi connectivity index (χ0v) is 16.0. The molecule has 6 heteroatoms. The van der Waals surface area contributed by atoms with Gasteiger partial charge in [-0.3, -0.25) is 9.48 Å². The summed E-state index contributed by atoms with van der Waals surface area (Å²) in [5, 5.41) is 15.2. The van der Waals surface area contributed by atoms with Crippen molar-refractivity contribution in [3.05, 3.63) is 46.8 Å². The van der Waals surface area contributed by atoms with Crippen LogP contribution in [0, 0.1) is 20.8 Å². The van der Waals surface area contributed by atoms with E-state index in [1.807, 2.05) is 52.1 Å². The van der Waals surface area contributed by atoms with Gasteiger partial charge in [-0.05, 0) is 44.9 Å². The van der Waals surface area contributed by atoms with Crippen molar-refractivity contribution in [2.75, 3.05) is 19.7 Å². The molecule has 26 heavy (non-hydrogen) atoms. The number of likely N-dealkylation sites (tertiary alicyclic amines) is 1. The number of aliphatic hydroxyl groups is 1. The van der Waals surface area contributed by atoms with Crippen LogP contribution in [-0.2, 0) is 18.3 Å². The standard InChI is InChI=1S/C20H27N3O3/c1-14-6-5-7-17(10-14)26-13-20(25)8-9-23(12-20)19(24)11-18-15(2)21-22(4)16(18)3/h5-7,10,25H,8-9,11-13H2,1-4H3/t20-/m1/s1. The molecule has 0 saturated carbocycles. The van der Waals surface area contributed by atoms with Crippen LogP contribution in [0.15, 0.2) is 24.3 Å². The monoisotopic (exact) mass is 357 g/mol. The lowest BCUT2D eigenvalue weighted by atomic mass is 10.1. The van der Waals surface area contributed by atoms with Gasteiger partial charge >= 0.3 is 0 Å². The van der Waals surface area contributed by atoms with Crippen molar-refractivity contribution >= 4 is 5.91 Å². The normalized spacial score (nSPS) is 19.8. The molecule has 1 saturated heterocycles. The number of β-amino-alcohol motifs (C(OH)–C–C–N with tert-alkyl or cyclic N) is 1. The summed E-state index contributed by atoms with van der Waals surface area (Å²) in [5.74, 6) is 0.764. The highest BCUT2D eigenvalue weighted by Crippen LogP contribution is 2.25. The third-order valence-electron chi connectivity index (χ3n) is 5.17. The minimum atomic E-state index is -1.00. The molecular formula is C20H27N3O3. The summed E-state index contributed by atoms with van der Waals surface area (Å²) in [7, 11) is 1.88. The van der Waals surface area contributed by atoms with E-state index in [9.17, 15) is 9.90 Å². The first-order valence-corrected chi connectivity index (χ1v) is 8.96. The molecule has 1 N–H and O–H groups in total. The molecule has 6 nitrogen and oxygen atoms in total. The van der Waals surface area contributed by atoms with Gasteiger partial charge in [-0.2, -0.15) is 5.10 Å². The van der Waals surface area contributed by atoms with Gasteiger partial charge in [-0.1, -0.05) is 12.1 Å². The third kappa shape index (κ3) is 3.90. The summed E-state index contributed by atoms with van der Waals surface area (Å²) in [6.07, 6.45) is 0.843. The maximum Gasteiger partial charge on any atom is 0.227 e. The number of carbonyl (C=O) groups is 1. The summed E-state index contributed by atoms with van der Waals surface area (Å²) in [6.45, 7) is 6.93. The molecule has 0 spiro atoms. The number of aromatic nitrogens is 2. The fraction of sp³-hybridized carbons (Fsp3) is 0.500. The van der Waals surface area contributed by atoms with Crippen LogP contribution in [-0.4, -0.2) is 51.0 Å². The SMILES string of the molecule is Cc1cccc(OC[C@@]2(O)CCN(C(=O)Cc3c(C)nn(C)c3C)C2)c1. The van der Waals surface area contributed by atoms with Crippen molar-refractivity contribution in [1.82, 2.24) is 14.7 Å². The van der Waals surface area contributed by atoms with Gasteiger partial charge in [0.15, 0.2) is 0 Å². The second-order valence-electron chi connectivity index (χ2n) is 7.34. The smallest absolute Gasteiger partial charge is 0.227 e. The van der Waals surface area contributed by atoms with Crippen LogP contribution >= 0.6 is 0 Å². The second kappa shape index (κ2) is 7.11. The van der Waals surface area contributed by atoms with Crippen LogP contribution < -0.4 is 4.74 Å². The number of rotatable bonds is 5. The van der Waals surface area contributed by atoms with Crippen LogP contribution in [0.4, 0.5) is 0 Å². The highest BCUT2D eigenvalue weighted by atomic mass is 16.5. The molecule has 0 aliphatic carbocycles. The highest BCUT2D eigenvalue weighted by Gasteiger charge is 2.39. The van der Waals surface area contributed by atoms with Crippen molar-refractivity contribution < 1.29 is 14.6 Å². The number of aryl methyl sites for hydroxylation is 3. The van der Waals surface area contributed by atoms with E-state index in [1.54, 1.807) is 9.58 Å². The van der Waals surface area contributed by atoms with E-state index in [4.69, 9.17) is 4.74 Å². The summed E-state index contributed by atoms with van der Waals surface area (Å²) < 4.78 is 7.56. The predicted octanol–water partition coefficient (Wildman–Crippen LogP) is 1.93. The Morgan fingerprint density at radius 1 is 1.35 bits per heavy atom. The van der Waals surface area contributed by atoms with E-state index in [0.29, 0.717) is 25.9 Å². The van der Waals surface area contributed by atoms with E-state index in [-0.39, 0.29) is 12.5 Å². The fourth-order valence-electron chi connectivity index (χ4n) is 3.45. The Bertz CT molecular complexity index is 815. The molecule has 1 aliphatic rings. The van der Waals surface area contributed by atoms with Crippen LogP contribution in [0.1, 0.15) is 28.9 Å². The molecule has 1 aromatic heterocycles. The molecule has 1 aromatic carbocycles. The molecule has 1 fully saturated rings. The van der Waals surface area contributed by atoms with Crippen molar-refractivity contribution in [2.24, 2.45) is 7.05 Å². The summed E-state index contributed by atoms with van der Waals surface area (Å²) in [6, 6.07) is 7.75. The Morgan fingerprint density at radius 2 is 2.12 bits per heavy atom. The minimum Gasteiger partial charge on any atom is -0.491 e. The van der Waals surface area contributed by atoms with Gasteiger partial charge in [0.2, 0.25) is 5.91 Å². The fourth-order valence-corrected chi connectivity index (χ4v) is 3.45. The molecule has 0 unspecified atom stereocenters. The number of amides is 1. The van der Waals surface area contributed by atoms with Crippen LogP contribution in [0.25, 0.3) is 0 Å². The van der Waals surface area contributed by atoms with E-state index < -0.39 is 5.60 Å². The molecule has 0 bridgehead atoms. The van der Waals surface area contributed by atoms with E-state index >= 15 is 0 Å². The zero-order valence-electron chi connectivity index (χ0n) is 16.0. The average molecular weight is 357 g/mol. The molecule has 1 aliphatic heterocycles. The molecule has 2 heterocycles. The molecular weight excluding hydrogens is 330 g/mol. The Morgan fingerprint density at radius 3 is 2.77 bits per heavy atom. The van der Waals surface area contributed by atoms with E-state index in [1.165, 1.54) is 0 Å². The minimum absolute atomic E-state index is 0.0238. The molecule has 2 aromatic rings. The van der Waals surface area contributed by atoms with Crippen molar-refractivity contribution in [3.8, 4) is 5.75 Å². The first-order valence-electron chi connectivity index (χ1n) is 8.96. The maximum absolute atomic E-state index is 12.7. The lowest BCUT2D eigenvalue weighted by Gasteiger charge is -2.24. The Balaban J connectivity index is 1.59. The summed E-state index contributed by atoms with van der Waals surface area (Å²) in [4.78, 5) is 14.4. The van der Waals surface area contributed by atoms with Crippen LogP contribution in [0.5, 0.6) is 5.75 Å². The topological polar surface area (TPSA) is 67.6 Å². The van der Waals surface area contributed by atoms with Gasteiger partial charge < -0.3 is 14.7 Å². The highest BCUT2D eigenvalue weighted by molar-refractivity contribution is 5.79. The lowest BCUT2D eigenvalue weighted by molar-refractivity contribution is -0.130. The van der Waals surface area contributed by atoms with Gasteiger partial charge in [0.1, 0.15) is 18.0 Å². The van der Waals surface area contributed by atoms with Gasteiger partial charge in [0.25, 0.3) is 0 Å². The number of hydrogen-bond donors (Lipinski definition) is 1. The molecule has 0 radical (unpaired) electrons. The number of ether oxygens (including phenoxy) is 1. The Hall–Kier alpha value is -2.34. The molecule has 3 rings (SSSR count). The Kier molecular flexibility index (Phi) is 5.05. The number of benzene rings is 1. The average Bonchev–Trinajstić information content (AvgIpc) is 3.09. The van der Waals surface area contributed by atoms with Crippen LogP contribution in [0.2, 0.25) is 0 Å². The maximum atomic E-state index is 12.7. The zero-order chi connectivity index (χ0) is 18.9. The third-order valence-corrected chi connectivity index (χ3v) is 5.17. The number of nitrogens with zero attached hydrogens (tertiary/aromatic N) is 3. The molecule has 1 amide bonds. The van der Waals surface area contributed by atoms with Gasteiger partial charge in [0.05, 0.1) is 18.7 Å². The summed E-state index contributed by atoms with van der Waals surface area (Å²) >= 11 is 0. The van der Waals surface area contributed by atoms with E-state index in [0.717, 1.165) is 28.3 Å². The summed E-state index contributed by atoms with van der Waals surface area (Å²) in [5.41, 5.74) is 2.98. The van der Waals surface area contributed by atoms with Crippen molar-refractivity contribution in [2.45, 2.75) is 39.2 Å². The van der Waals surface area contributed by atoms with Gasteiger partial charge in [0, 0.05) is 24.8 Å². The predicted molar refractivity (Wildman–Crippen MR) is 99.2 cm³/mol. The Labute approximate surface area is 154 Å². The van der Waals surface area contributed by atoms with Gasteiger partial charge in [-0.15, -0.1) is 0 Å². The number of carbonyl (C=O) groups excluding carboxylic acids is 1. The van der Waals surface area contributed by atoms with E-state index in [2.05, 4.69) is 5.10 Å². The van der Waals surface area contributed by atoms with Gasteiger partial charge in [-0.25, -0.2) is 0 Å². The van der Waals surface area contributed by atoms with Crippen LogP contribution in [0.3, 0.4) is 0 Å². The first-order chi connectivity index (χ1) is 12.3. The second-order valence-corrected chi connectivity index (χ2v) is 7.34. The largest absolute Gasteiger partial charge is 0.491 e. The molecule has 140 valence electrons. The lowest BCUT2D eigenvalue weighted by Crippen LogP contribution is -2.41. The van der Waals surface area contributed by atoms with Crippen molar-refractivity contribution in [1.29, 1.82) is 0 Å². The number of hydrogen-bond acceptors (Lipinski definition) is 4. The quantitative estimate of drug-likeness (QED) is 0.888.